The van der Waals surface area contributed by atoms with Gasteiger partial charge in [-0.1, -0.05) is 6.07 Å². The number of carboxylic acids is 1. The third-order valence-electron chi connectivity index (χ3n) is 2.78. The van der Waals surface area contributed by atoms with Crippen molar-refractivity contribution in [3.63, 3.8) is 0 Å². The number of aromatic carboxylic acids is 1. The monoisotopic (exact) mass is 293 g/mol. The minimum atomic E-state index is -1.25. The van der Waals surface area contributed by atoms with Gasteiger partial charge in [0.15, 0.2) is 0 Å². The van der Waals surface area contributed by atoms with Gasteiger partial charge < -0.3 is 20.6 Å². The maximum Gasteiger partial charge on any atom is 0.404 e. The molecule has 1 heterocycles. The minimum absolute atomic E-state index is 0.0441. The van der Waals surface area contributed by atoms with E-state index in [9.17, 15) is 19.2 Å². The second-order valence-electron chi connectivity index (χ2n) is 4.09. The normalized spacial score (nSPS) is 10.5. The van der Waals surface area contributed by atoms with E-state index in [1.54, 1.807) is 0 Å². The summed E-state index contributed by atoms with van der Waals surface area (Å²) in [5.41, 5.74) is 3.05. The fraction of sp³-hybridized carbons (Fsp3) is 0.167. The van der Waals surface area contributed by atoms with E-state index in [0.717, 1.165) is 4.57 Å². The number of nitrogens with one attached hydrogen (secondary N) is 1. The third-order valence-corrected chi connectivity index (χ3v) is 2.78. The van der Waals surface area contributed by atoms with Crippen LogP contribution in [0.5, 0.6) is 0 Å². The number of rotatable bonds is 4. The highest BCUT2D eigenvalue weighted by Gasteiger charge is 2.15. The zero-order valence-electron chi connectivity index (χ0n) is 10.7. The molecule has 0 saturated heterocycles. The Morgan fingerprint density at radius 3 is 2.67 bits per heavy atom. The van der Waals surface area contributed by atoms with Gasteiger partial charge in [0.1, 0.15) is 6.61 Å². The summed E-state index contributed by atoms with van der Waals surface area (Å²) in [6.07, 6.45) is -1.03. The average Bonchev–Trinajstić information content (AvgIpc) is 2.41. The fourth-order valence-corrected chi connectivity index (χ4v) is 1.96. The molecule has 0 atom stereocenters. The lowest BCUT2D eigenvalue weighted by Gasteiger charge is -2.11. The Labute approximate surface area is 116 Å². The number of amides is 1. The number of benzene rings is 1. The van der Waals surface area contributed by atoms with Crippen molar-refractivity contribution in [1.82, 2.24) is 9.55 Å². The van der Waals surface area contributed by atoms with Crippen LogP contribution in [0.25, 0.3) is 11.0 Å². The fourth-order valence-electron chi connectivity index (χ4n) is 1.96. The number of aromatic nitrogens is 2. The number of primary amides is 1. The molecule has 9 heteroatoms. The first kappa shape index (κ1) is 14.3. The first-order valence-electron chi connectivity index (χ1n) is 5.83. The van der Waals surface area contributed by atoms with Crippen LogP contribution in [-0.2, 0) is 11.3 Å². The SMILES string of the molecule is NC(=O)OCCn1c(=O)c(=O)[nH]c2cccc(C(=O)O)c21. The summed E-state index contributed by atoms with van der Waals surface area (Å²) in [6, 6.07) is 4.21. The molecule has 0 aliphatic carbocycles. The van der Waals surface area contributed by atoms with Crippen LogP contribution in [-0.4, -0.2) is 33.3 Å². The lowest BCUT2D eigenvalue weighted by atomic mass is 10.1. The molecule has 0 fully saturated rings. The second-order valence-corrected chi connectivity index (χ2v) is 4.09. The minimum Gasteiger partial charge on any atom is -0.478 e. The third kappa shape index (κ3) is 2.76. The molecule has 9 nitrogen and oxygen atoms in total. The molecular formula is C12H11N3O6. The number of nitrogens with two attached hydrogens (primary N) is 1. The van der Waals surface area contributed by atoms with E-state index in [0.29, 0.717) is 0 Å². The number of carbonyl (C=O) groups is 2. The number of hydrogen-bond donors (Lipinski definition) is 3. The van der Waals surface area contributed by atoms with Gasteiger partial charge in [0, 0.05) is 0 Å². The standard InChI is InChI=1S/C12H11N3O6/c13-12(20)21-5-4-15-8-6(11(18)19)2-1-3-7(8)14-9(16)10(15)17/h1-3H,4-5H2,(H2,13,20)(H,14,16)(H,18,19). The summed E-state index contributed by atoms with van der Waals surface area (Å²) in [4.78, 5) is 47.5. The summed E-state index contributed by atoms with van der Waals surface area (Å²) >= 11 is 0. The maximum atomic E-state index is 11.9. The molecule has 1 aromatic heterocycles. The summed E-state index contributed by atoms with van der Waals surface area (Å²) in [5.74, 6) is -1.25. The molecule has 0 bridgehead atoms. The highest BCUT2D eigenvalue weighted by Crippen LogP contribution is 2.14. The van der Waals surface area contributed by atoms with Crippen LogP contribution in [0, 0.1) is 0 Å². The number of hydrogen-bond acceptors (Lipinski definition) is 5. The smallest absolute Gasteiger partial charge is 0.404 e. The predicted molar refractivity (Wildman–Crippen MR) is 71.3 cm³/mol. The Balaban J connectivity index is 2.67. The number of H-pyrrole nitrogens is 1. The van der Waals surface area contributed by atoms with Crippen LogP contribution in [0.2, 0.25) is 0 Å². The zero-order chi connectivity index (χ0) is 15.6. The Morgan fingerprint density at radius 1 is 1.33 bits per heavy atom. The van der Waals surface area contributed by atoms with Gasteiger partial charge in [-0.3, -0.25) is 14.2 Å². The van der Waals surface area contributed by atoms with E-state index in [2.05, 4.69) is 9.72 Å². The van der Waals surface area contributed by atoms with Crippen LogP contribution in [0.3, 0.4) is 0 Å². The molecule has 0 radical (unpaired) electrons. The Morgan fingerprint density at radius 2 is 2.05 bits per heavy atom. The van der Waals surface area contributed by atoms with Gasteiger partial charge in [-0.25, -0.2) is 9.59 Å². The van der Waals surface area contributed by atoms with Crippen LogP contribution in [0.15, 0.2) is 27.8 Å². The topological polar surface area (TPSA) is 144 Å². The summed E-state index contributed by atoms with van der Waals surface area (Å²) in [6.45, 7) is -0.450. The van der Waals surface area contributed by atoms with E-state index in [4.69, 9.17) is 10.8 Å². The van der Waals surface area contributed by atoms with Crippen LogP contribution < -0.4 is 16.9 Å². The van der Waals surface area contributed by atoms with Crippen molar-refractivity contribution in [2.45, 2.75) is 6.54 Å². The first-order valence-corrected chi connectivity index (χ1v) is 5.83. The van der Waals surface area contributed by atoms with Gasteiger partial charge in [-0.15, -0.1) is 0 Å². The highest BCUT2D eigenvalue weighted by molar-refractivity contribution is 6.00. The number of carboxylic acid groups (broad SMARTS) is 1. The van der Waals surface area contributed by atoms with E-state index in [1.807, 2.05) is 0 Å². The molecule has 2 aromatic rings. The number of ether oxygens (including phenoxy) is 1. The van der Waals surface area contributed by atoms with Crippen LogP contribution in [0.4, 0.5) is 4.79 Å². The zero-order valence-corrected chi connectivity index (χ0v) is 10.7. The van der Waals surface area contributed by atoms with Crippen molar-refractivity contribution >= 4 is 23.1 Å². The van der Waals surface area contributed by atoms with Crippen molar-refractivity contribution in [3.8, 4) is 0 Å². The molecule has 0 unspecified atom stereocenters. The highest BCUT2D eigenvalue weighted by atomic mass is 16.5. The van der Waals surface area contributed by atoms with Crippen molar-refractivity contribution in [2.75, 3.05) is 6.61 Å². The molecule has 2 rings (SSSR count). The molecule has 0 saturated carbocycles. The van der Waals surface area contributed by atoms with Crippen molar-refractivity contribution in [3.05, 3.63) is 44.5 Å². The molecule has 21 heavy (non-hydrogen) atoms. The number of aromatic amines is 1. The summed E-state index contributed by atoms with van der Waals surface area (Å²) in [5, 5.41) is 9.17. The Kier molecular flexibility index (Phi) is 3.74. The van der Waals surface area contributed by atoms with Gasteiger partial charge in [-0.05, 0) is 12.1 Å². The first-order chi connectivity index (χ1) is 9.91. The number of para-hydroxylation sites is 1. The summed E-state index contributed by atoms with van der Waals surface area (Å²) in [7, 11) is 0. The maximum absolute atomic E-state index is 11.9. The van der Waals surface area contributed by atoms with Gasteiger partial charge in [0.25, 0.3) is 0 Å². The molecule has 4 N–H and O–H groups in total. The molecule has 0 aliphatic heterocycles. The van der Waals surface area contributed by atoms with E-state index in [1.165, 1.54) is 18.2 Å². The van der Waals surface area contributed by atoms with Gasteiger partial charge >= 0.3 is 23.2 Å². The van der Waals surface area contributed by atoms with Crippen molar-refractivity contribution in [1.29, 1.82) is 0 Å². The predicted octanol–water partition coefficient (Wildman–Crippen LogP) is -0.517. The van der Waals surface area contributed by atoms with Gasteiger partial charge in [-0.2, -0.15) is 0 Å². The lowest BCUT2D eigenvalue weighted by molar-refractivity contribution is 0.0698. The number of fused-ring (bicyclic) bond motifs is 1. The molecule has 0 spiro atoms. The van der Waals surface area contributed by atoms with Crippen LogP contribution in [0.1, 0.15) is 10.4 Å². The van der Waals surface area contributed by atoms with Gasteiger partial charge in [0.2, 0.25) is 0 Å². The largest absolute Gasteiger partial charge is 0.478 e. The Hall–Kier alpha value is -3.10. The number of carbonyl (C=O) groups excluding carboxylic acids is 1. The molecule has 1 amide bonds. The van der Waals surface area contributed by atoms with Crippen LogP contribution >= 0.6 is 0 Å². The van der Waals surface area contributed by atoms with Crippen molar-refractivity contribution < 1.29 is 19.4 Å². The lowest BCUT2D eigenvalue weighted by Crippen LogP contribution is -2.38. The van der Waals surface area contributed by atoms with E-state index in [-0.39, 0.29) is 29.7 Å². The summed E-state index contributed by atoms with van der Waals surface area (Å²) < 4.78 is 5.45. The van der Waals surface area contributed by atoms with Gasteiger partial charge in [0.05, 0.1) is 23.1 Å². The molecule has 1 aromatic carbocycles. The second kappa shape index (κ2) is 5.49. The molecule has 0 aliphatic rings. The quantitative estimate of drug-likeness (QED) is 0.647. The van der Waals surface area contributed by atoms with E-state index >= 15 is 0 Å². The van der Waals surface area contributed by atoms with E-state index < -0.39 is 23.2 Å². The number of nitrogens with zero attached hydrogens (tertiary/aromatic N) is 1. The van der Waals surface area contributed by atoms with Crippen molar-refractivity contribution in [2.24, 2.45) is 5.73 Å². The molecule has 110 valence electrons. The molecular weight excluding hydrogens is 282 g/mol. The Bertz CT molecular complexity index is 835. The average molecular weight is 293 g/mol.